The Bertz CT molecular complexity index is 335. The van der Waals surface area contributed by atoms with E-state index < -0.39 is 0 Å². The Balaban J connectivity index is 1.78. The van der Waals surface area contributed by atoms with Gasteiger partial charge in [-0.15, -0.1) is 0 Å². The largest absolute Gasteiger partial charge is 0.317 e. The van der Waals surface area contributed by atoms with Gasteiger partial charge in [0.2, 0.25) is 0 Å². The first-order valence-corrected chi connectivity index (χ1v) is 7.26. The van der Waals surface area contributed by atoms with Gasteiger partial charge in [0.25, 0.3) is 0 Å². The van der Waals surface area contributed by atoms with Crippen LogP contribution < -0.4 is 5.32 Å². The fourth-order valence-corrected chi connectivity index (χ4v) is 2.70. The summed E-state index contributed by atoms with van der Waals surface area (Å²) < 4.78 is 0. The van der Waals surface area contributed by atoms with Crippen molar-refractivity contribution >= 4 is 0 Å². The van der Waals surface area contributed by atoms with Crippen LogP contribution in [0.5, 0.6) is 0 Å². The molecule has 1 unspecified atom stereocenters. The lowest BCUT2D eigenvalue weighted by molar-refractivity contribution is 0.277. The Morgan fingerprint density at radius 1 is 1.17 bits per heavy atom. The topological polar surface area (TPSA) is 15.3 Å². The molecule has 0 amide bonds. The zero-order valence-corrected chi connectivity index (χ0v) is 11.8. The zero-order chi connectivity index (χ0) is 12.8. The van der Waals surface area contributed by atoms with Gasteiger partial charge >= 0.3 is 0 Å². The fourth-order valence-electron chi connectivity index (χ4n) is 2.70. The van der Waals surface area contributed by atoms with Crippen molar-refractivity contribution in [1.82, 2.24) is 10.2 Å². The highest BCUT2D eigenvalue weighted by Gasteiger charge is 2.13. The third-order valence-corrected chi connectivity index (χ3v) is 4.12. The second-order valence-electron chi connectivity index (χ2n) is 5.44. The maximum atomic E-state index is 3.31. The summed E-state index contributed by atoms with van der Waals surface area (Å²) in [5.74, 6) is 0. The molecule has 0 bridgehead atoms. The van der Waals surface area contributed by atoms with Crippen molar-refractivity contribution in [3.05, 3.63) is 35.4 Å². The maximum absolute atomic E-state index is 3.31. The molecular formula is C16H26N2. The molecule has 0 spiro atoms. The van der Waals surface area contributed by atoms with Gasteiger partial charge in [-0.1, -0.05) is 24.3 Å². The van der Waals surface area contributed by atoms with Crippen LogP contribution in [-0.4, -0.2) is 37.6 Å². The van der Waals surface area contributed by atoms with Crippen LogP contribution in [-0.2, 0) is 12.8 Å². The lowest BCUT2D eigenvalue weighted by Gasteiger charge is -2.20. The lowest BCUT2D eigenvalue weighted by Crippen LogP contribution is -2.29. The van der Waals surface area contributed by atoms with Crippen molar-refractivity contribution in [2.24, 2.45) is 0 Å². The van der Waals surface area contributed by atoms with Gasteiger partial charge in [0.05, 0.1) is 0 Å². The van der Waals surface area contributed by atoms with Gasteiger partial charge in [0, 0.05) is 19.1 Å². The van der Waals surface area contributed by atoms with Crippen molar-refractivity contribution in [2.75, 3.05) is 26.7 Å². The van der Waals surface area contributed by atoms with Crippen LogP contribution in [0.4, 0.5) is 0 Å². The Labute approximate surface area is 111 Å². The van der Waals surface area contributed by atoms with Gasteiger partial charge < -0.3 is 10.2 Å². The molecule has 0 saturated heterocycles. The summed E-state index contributed by atoms with van der Waals surface area (Å²) in [6, 6.07) is 9.57. The van der Waals surface area contributed by atoms with Crippen molar-refractivity contribution in [3.63, 3.8) is 0 Å². The number of benzene rings is 1. The molecule has 1 atom stereocenters. The molecule has 2 heteroatoms. The summed E-state index contributed by atoms with van der Waals surface area (Å²) in [4.78, 5) is 2.63. The molecule has 1 heterocycles. The van der Waals surface area contributed by atoms with E-state index in [0.29, 0.717) is 6.04 Å². The van der Waals surface area contributed by atoms with Gasteiger partial charge in [-0.3, -0.25) is 0 Å². The predicted molar refractivity (Wildman–Crippen MR) is 78.0 cm³/mol. The van der Waals surface area contributed by atoms with Crippen LogP contribution >= 0.6 is 0 Å². The van der Waals surface area contributed by atoms with E-state index in [0.717, 1.165) is 0 Å². The molecule has 1 aromatic carbocycles. The summed E-state index contributed by atoms with van der Waals surface area (Å²) in [6.45, 7) is 5.97. The number of nitrogens with zero attached hydrogens (tertiary/aromatic N) is 1. The molecule has 2 nitrogen and oxygen atoms in total. The van der Waals surface area contributed by atoms with Gasteiger partial charge in [0.15, 0.2) is 0 Å². The smallest absolute Gasteiger partial charge is 0.00362 e. The first kappa shape index (κ1) is 13.6. The van der Waals surface area contributed by atoms with Gasteiger partial charge in [-0.05, 0) is 57.3 Å². The third-order valence-electron chi connectivity index (χ3n) is 4.12. The molecule has 2 rings (SSSR count). The molecule has 1 N–H and O–H groups in total. The van der Waals surface area contributed by atoms with Crippen LogP contribution in [0.3, 0.4) is 0 Å². The van der Waals surface area contributed by atoms with Crippen LogP contribution in [0.2, 0.25) is 0 Å². The summed E-state index contributed by atoms with van der Waals surface area (Å²) in [5.41, 5.74) is 3.12. The summed E-state index contributed by atoms with van der Waals surface area (Å²) >= 11 is 0. The van der Waals surface area contributed by atoms with Crippen molar-refractivity contribution in [2.45, 2.75) is 38.6 Å². The van der Waals surface area contributed by atoms with E-state index in [4.69, 9.17) is 0 Å². The first-order valence-electron chi connectivity index (χ1n) is 7.26. The average molecular weight is 246 g/mol. The van der Waals surface area contributed by atoms with E-state index in [9.17, 15) is 0 Å². The molecule has 100 valence electrons. The highest BCUT2D eigenvalue weighted by molar-refractivity contribution is 5.28. The van der Waals surface area contributed by atoms with Crippen LogP contribution in [0.25, 0.3) is 0 Å². The number of hydrogen-bond donors (Lipinski definition) is 1. The highest BCUT2D eigenvalue weighted by atomic mass is 15.1. The van der Waals surface area contributed by atoms with E-state index >= 15 is 0 Å². The molecular weight excluding hydrogens is 220 g/mol. The van der Waals surface area contributed by atoms with E-state index in [-0.39, 0.29) is 0 Å². The van der Waals surface area contributed by atoms with Crippen molar-refractivity contribution < 1.29 is 0 Å². The standard InChI is InChI=1S/C16H26N2/c1-14(17-2)6-5-11-18-12-9-15-7-3-4-8-16(15)10-13-18/h3-4,7-8,14,17H,5-6,9-13H2,1-2H3. The average Bonchev–Trinajstić information content (AvgIpc) is 2.61. The van der Waals surface area contributed by atoms with E-state index in [1.165, 1.54) is 45.3 Å². The quantitative estimate of drug-likeness (QED) is 0.858. The van der Waals surface area contributed by atoms with E-state index in [1.54, 1.807) is 11.1 Å². The number of hydrogen-bond acceptors (Lipinski definition) is 2. The molecule has 1 aromatic rings. The monoisotopic (exact) mass is 246 g/mol. The second-order valence-corrected chi connectivity index (χ2v) is 5.44. The minimum Gasteiger partial charge on any atom is -0.317 e. The van der Waals surface area contributed by atoms with E-state index in [1.807, 2.05) is 7.05 Å². The SMILES string of the molecule is CNC(C)CCCN1CCc2ccccc2CC1. The Hall–Kier alpha value is -0.860. The van der Waals surface area contributed by atoms with E-state index in [2.05, 4.69) is 41.4 Å². The normalized spacial score (nSPS) is 18.1. The van der Waals surface area contributed by atoms with Gasteiger partial charge in [0.1, 0.15) is 0 Å². The molecule has 1 aliphatic rings. The minimum absolute atomic E-state index is 0.647. The van der Waals surface area contributed by atoms with Crippen LogP contribution in [0, 0.1) is 0 Å². The molecule has 0 aliphatic carbocycles. The number of fused-ring (bicyclic) bond motifs is 1. The third kappa shape index (κ3) is 3.82. The molecule has 0 radical (unpaired) electrons. The minimum atomic E-state index is 0.647. The maximum Gasteiger partial charge on any atom is 0.00362 e. The Morgan fingerprint density at radius 3 is 2.33 bits per heavy atom. The van der Waals surface area contributed by atoms with Crippen molar-refractivity contribution in [1.29, 1.82) is 0 Å². The lowest BCUT2D eigenvalue weighted by atomic mass is 10.0. The molecule has 0 aromatic heterocycles. The highest BCUT2D eigenvalue weighted by Crippen LogP contribution is 2.15. The zero-order valence-electron chi connectivity index (χ0n) is 11.8. The summed E-state index contributed by atoms with van der Waals surface area (Å²) in [7, 11) is 2.05. The summed E-state index contributed by atoms with van der Waals surface area (Å²) in [5, 5.41) is 3.31. The molecule has 0 fully saturated rings. The van der Waals surface area contributed by atoms with Crippen LogP contribution in [0.15, 0.2) is 24.3 Å². The molecule has 0 saturated carbocycles. The number of nitrogens with one attached hydrogen (secondary N) is 1. The van der Waals surface area contributed by atoms with Gasteiger partial charge in [-0.2, -0.15) is 0 Å². The Morgan fingerprint density at radius 2 is 1.78 bits per heavy atom. The predicted octanol–water partition coefficient (Wildman–Crippen LogP) is 2.48. The number of rotatable bonds is 5. The molecule has 1 aliphatic heterocycles. The van der Waals surface area contributed by atoms with Gasteiger partial charge in [-0.25, -0.2) is 0 Å². The second kappa shape index (κ2) is 6.91. The fraction of sp³-hybridized carbons (Fsp3) is 0.625. The van der Waals surface area contributed by atoms with Crippen LogP contribution in [0.1, 0.15) is 30.9 Å². The molecule has 18 heavy (non-hydrogen) atoms. The van der Waals surface area contributed by atoms with Crippen molar-refractivity contribution in [3.8, 4) is 0 Å². The first-order chi connectivity index (χ1) is 8.79. The Kier molecular flexibility index (Phi) is 5.21. The summed E-state index contributed by atoms with van der Waals surface area (Å²) in [6.07, 6.45) is 5.02.